The number of rotatable bonds is 6. The molecule has 1 unspecified atom stereocenters. The van der Waals surface area contributed by atoms with Gasteiger partial charge in [-0.15, -0.1) is 0 Å². The van der Waals surface area contributed by atoms with Crippen molar-refractivity contribution in [1.29, 1.82) is 5.26 Å². The Morgan fingerprint density at radius 3 is 2.07 bits per heavy atom. The number of hydrogen-bond acceptors (Lipinski definition) is 5. The molecule has 27 heavy (non-hydrogen) atoms. The van der Waals surface area contributed by atoms with Gasteiger partial charge in [-0.05, 0) is 19.4 Å². The summed E-state index contributed by atoms with van der Waals surface area (Å²) in [6, 6.07) is 20.7. The minimum absolute atomic E-state index is 0.234. The van der Waals surface area contributed by atoms with Crippen LogP contribution in [0, 0.1) is 11.3 Å². The molecule has 1 heterocycles. The van der Waals surface area contributed by atoms with E-state index in [4.69, 9.17) is 14.2 Å². The molecule has 0 fully saturated rings. The highest BCUT2D eigenvalue weighted by molar-refractivity contribution is 5.91. The second-order valence-corrected chi connectivity index (χ2v) is 5.99. The third kappa shape index (κ3) is 3.37. The van der Waals surface area contributed by atoms with Crippen molar-refractivity contribution in [3.05, 3.63) is 77.4 Å². The second-order valence-electron chi connectivity index (χ2n) is 5.99. The van der Waals surface area contributed by atoms with Gasteiger partial charge < -0.3 is 14.2 Å². The lowest BCUT2D eigenvalue weighted by Gasteiger charge is -2.41. The summed E-state index contributed by atoms with van der Waals surface area (Å²) in [6.07, 6.45) is 0. The van der Waals surface area contributed by atoms with E-state index in [2.05, 4.69) is 6.07 Å². The number of nitriles is 1. The Bertz CT molecular complexity index is 862. The van der Waals surface area contributed by atoms with E-state index in [0.717, 1.165) is 5.56 Å². The fraction of sp³-hybridized carbons (Fsp3) is 0.273. The number of cyclic esters (lactones) is 1. The largest absolute Gasteiger partial charge is 0.421 e. The highest BCUT2D eigenvalue weighted by atomic mass is 16.7. The van der Waals surface area contributed by atoms with Gasteiger partial charge in [0.25, 0.3) is 5.79 Å². The van der Waals surface area contributed by atoms with Gasteiger partial charge in [-0.3, -0.25) is 0 Å². The van der Waals surface area contributed by atoms with Crippen LogP contribution in [0.4, 0.5) is 0 Å². The van der Waals surface area contributed by atoms with Crippen LogP contribution < -0.4 is 0 Å². The zero-order chi connectivity index (χ0) is 19.3. The van der Waals surface area contributed by atoms with Crippen molar-refractivity contribution in [2.24, 2.45) is 0 Å². The maximum atomic E-state index is 13.1. The standard InChI is InChI=1S/C22H21NO4/c1-3-25-22(26-4-2)19(16-11-7-5-8-12-16)18(15-23)20(27-21(22)24)17-13-9-6-10-14-17/h5-14,19H,3-4H2,1-2H3. The van der Waals surface area contributed by atoms with Crippen molar-refractivity contribution in [2.45, 2.75) is 25.6 Å². The monoisotopic (exact) mass is 363 g/mol. The van der Waals surface area contributed by atoms with Crippen molar-refractivity contribution < 1.29 is 19.0 Å². The van der Waals surface area contributed by atoms with Gasteiger partial charge >= 0.3 is 5.97 Å². The molecule has 0 N–H and O–H groups in total. The number of hydrogen-bond donors (Lipinski definition) is 0. The zero-order valence-electron chi connectivity index (χ0n) is 15.3. The molecule has 1 atom stereocenters. The van der Waals surface area contributed by atoms with Gasteiger partial charge in [-0.1, -0.05) is 60.7 Å². The molecule has 0 saturated heterocycles. The molecule has 3 rings (SSSR count). The number of nitrogens with zero attached hydrogens (tertiary/aromatic N) is 1. The van der Waals surface area contributed by atoms with Crippen molar-refractivity contribution in [2.75, 3.05) is 13.2 Å². The van der Waals surface area contributed by atoms with Crippen molar-refractivity contribution in [3.63, 3.8) is 0 Å². The topological polar surface area (TPSA) is 68.6 Å². The van der Waals surface area contributed by atoms with Crippen LogP contribution in [-0.2, 0) is 19.0 Å². The first-order valence-electron chi connectivity index (χ1n) is 8.92. The Balaban J connectivity index is 2.28. The maximum Gasteiger partial charge on any atom is 0.373 e. The molecule has 0 bridgehead atoms. The molecule has 5 heteroatoms. The van der Waals surface area contributed by atoms with Crippen molar-refractivity contribution in [3.8, 4) is 6.07 Å². The quantitative estimate of drug-likeness (QED) is 0.572. The molecule has 0 aliphatic carbocycles. The average Bonchev–Trinajstić information content (AvgIpc) is 2.71. The first-order chi connectivity index (χ1) is 13.2. The van der Waals surface area contributed by atoms with Gasteiger partial charge in [0.05, 0.1) is 17.6 Å². The number of carbonyl (C=O) groups is 1. The average molecular weight is 363 g/mol. The van der Waals surface area contributed by atoms with Crippen LogP contribution in [0.1, 0.15) is 30.9 Å². The molecule has 0 aromatic heterocycles. The van der Waals surface area contributed by atoms with Gasteiger partial charge in [0.2, 0.25) is 0 Å². The maximum absolute atomic E-state index is 13.1. The molecule has 1 aliphatic heterocycles. The number of benzene rings is 2. The van der Waals surface area contributed by atoms with Gasteiger partial charge in [-0.2, -0.15) is 5.26 Å². The van der Waals surface area contributed by atoms with E-state index in [-0.39, 0.29) is 19.0 Å². The molecule has 0 saturated carbocycles. The van der Waals surface area contributed by atoms with Crippen LogP contribution in [0.5, 0.6) is 0 Å². The predicted molar refractivity (Wildman–Crippen MR) is 100 cm³/mol. The third-order valence-corrected chi connectivity index (χ3v) is 4.40. The number of ether oxygens (including phenoxy) is 3. The van der Waals surface area contributed by atoms with E-state index >= 15 is 0 Å². The lowest BCUT2D eigenvalue weighted by atomic mass is 9.80. The normalized spacial score (nSPS) is 18.7. The molecule has 0 spiro atoms. The fourth-order valence-electron chi connectivity index (χ4n) is 3.36. The molecule has 1 aliphatic rings. The summed E-state index contributed by atoms with van der Waals surface area (Å²) in [5.41, 5.74) is 1.71. The fourth-order valence-corrected chi connectivity index (χ4v) is 3.36. The summed E-state index contributed by atoms with van der Waals surface area (Å²) < 4.78 is 17.3. The third-order valence-electron chi connectivity index (χ3n) is 4.40. The van der Waals surface area contributed by atoms with Crippen LogP contribution >= 0.6 is 0 Å². The van der Waals surface area contributed by atoms with E-state index in [1.165, 1.54) is 0 Å². The Kier molecular flexibility index (Phi) is 5.70. The minimum atomic E-state index is -1.70. The lowest BCUT2D eigenvalue weighted by molar-refractivity contribution is -0.250. The summed E-state index contributed by atoms with van der Waals surface area (Å²) in [7, 11) is 0. The van der Waals surface area contributed by atoms with Crippen LogP contribution in [0.2, 0.25) is 0 Å². The molecule has 2 aromatic carbocycles. The Morgan fingerprint density at radius 1 is 1.00 bits per heavy atom. The lowest BCUT2D eigenvalue weighted by Crippen LogP contribution is -2.53. The van der Waals surface area contributed by atoms with Crippen molar-refractivity contribution in [1.82, 2.24) is 0 Å². The summed E-state index contributed by atoms with van der Waals surface area (Å²) in [4.78, 5) is 13.1. The van der Waals surface area contributed by atoms with E-state index in [1.807, 2.05) is 48.5 Å². The van der Waals surface area contributed by atoms with Gasteiger partial charge in [0, 0.05) is 18.8 Å². The first-order valence-corrected chi connectivity index (χ1v) is 8.92. The smallest absolute Gasteiger partial charge is 0.373 e. The molecule has 5 nitrogen and oxygen atoms in total. The SMILES string of the molecule is CCOC1(OCC)C(=O)OC(c2ccccc2)=C(C#N)C1c1ccccc1. The van der Waals surface area contributed by atoms with Crippen molar-refractivity contribution >= 4 is 11.7 Å². The summed E-state index contributed by atoms with van der Waals surface area (Å²) in [5, 5.41) is 10.00. The van der Waals surface area contributed by atoms with Crippen LogP contribution in [0.25, 0.3) is 5.76 Å². The van der Waals surface area contributed by atoms with Gasteiger partial charge in [-0.25, -0.2) is 4.79 Å². The Hall–Kier alpha value is -2.94. The number of esters is 1. The highest BCUT2D eigenvalue weighted by Crippen LogP contribution is 2.46. The second kappa shape index (κ2) is 8.17. The van der Waals surface area contributed by atoms with Crippen LogP contribution in [-0.4, -0.2) is 25.0 Å². The van der Waals surface area contributed by atoms with E-state index in [0.29, 0.717) is 11.1 Å². The molecule has 0 radical (unpaired) electrons. The van der Waals surface area contributed by atoms with E-state index in [9.17, 15) is 10.1 Å². The highest BCUT2D eigenvalue weighted by Gasteiger charge is 2.56. The van der Waals surface area contributed by atoms with E-state index in [1.54, 1.807) is 26.0 Å². The van der Waals surface area contributed by atoms with Gasteiger partial charge in [0.1, 0.15) is 0 Å². The molecular formula is C22H21NO4. The summed E-state index contributed by atoms with van der Waals surface area (Å²) in [5.74, 6) is -2.85. The Labute approximate surface area is 158 Å². The van der Waals surface area contributed by atoms with Crippen LogP contribution in [0.3, 0.4) is 0 Å². The van der Waals surface area contributed by atoms with E-state index < -0.39 is 17.7 Å². The molecular weight excluding hydrogens is 342 g/mol. The zero-order valence-corrected chi connectivity index (χ0v) is 15.3. The Morgan fingerprint density at radius 2 is 1.56 bits per heavy atom. The van der Waals surface area contributed by atoms with Crippen LogP contribution in [0.15, 0.2) is 66.2 Å². The molecule has 0 amide bonds. The predicted octanol–water partition coefficient (Wildman–Crippen LogP) is 4.03. The minimum Gasteiger partial charge on any atom is -0.421 e. The summed E-state index contributed by atoms with van der Waals surface area (Å²) in [6.45, 7) is 4.02. The van der Waals surface area contributed by atoms with Gasteiger partial charge in [0.15, 0.2) is 5.76 Å². The number of carbonyl (C=O) groups excluding carboxylic acids is 1. The molecule has 138 valence electrons. The summed E-state index contributed by atoms with van der Waals surface area (Å²) >= 11 is 0. The first kappa shape index (κ1) is 18.8. The molecule has 2 aromatic rings.